The largest absolute Gasteiger partial charge is 0.440 e. The maximum absolute atomic E-state index is 12.5. The van der Waals surface area contributed by atoms with Crippen LogP contribution in [0.25, 0.3) is 11.1 Å². The van der Waals surface area contributed by atoms with Crippen molar-refractivity contribution in [3.63, 3.8) is 0 Å². The molecule has 6 rings (SSSR count). The summed E-state index contributed by atoms with van der Waals surface area (Å²) in [6, 6.07) is 7.88. The number of hydrogen-bond donors (Lipinski definition) is 2. The van der Waals surface area contributed by atoms with Crippen molar-refractivity contribution in [3.05, 3.63) is 47.0 Å². The summed E-state index contributed by atoms with van der Waals surface area (Å²) in [5.41, 5.74) is 1.66. The third-order valence-corrected chi connectivity index (χ3v) is 8.48. The summed E-state index contributed by atoms with van der Waals surface area (Å²) in [5, 5.41) is 3.08. The van der Waals surface area contributed by atoms with Crippen LogP contribution in [0.1, 0.15) is 60.9 Å². The van der Waals surface area contributed by atoms with E-state index in [0.717, 1.165) is 42.7 Å². The molecule has 34 heavy (non-hydrogen) atoms. The van der Waals surface area contributed by atoms with Crippen molar-refractivity contribution in [3.8, 4) is 0 Å². The molecular formula is C23H22ClN3O6S. The first kappa shape index (κ1) is 21.7. The molecule has 178 valence electrons. The van der Waals surface area contributed by atoms with Gasteiger partial charge in [0, 0.05) is 22.9 Å². The third kappa shape index (κ3) is 3.88. The van der Waals surface area contributed by atoms with Gasteiger partial charge in [0.25, 0.3) is 15.9 Å². The molecule has 0 saturated heterocycles. The van der Waals surface area contributed by atoms with E-state index in [1.54, 1.807) is 12.1 Å². The number of fused-ring (bicyclic) bond motifs is 1. The standard InChI is InChI=1S/C23H22ClN3O6S/c24-14-3-4-17-16(7-14)26-22(33-17)13-8-23(9-13)10-15(11-23)25-21(29)18-5-6-19(32-18)34(30,31)27-20(28)12-1-2-12/h3-7,12-13,15H,1-2,8-11H2,(H,25,29)(H,27,28). The number of nitrogens with zero attached hydrogens (tertiary/aromatic N) is 1. The predicted octanol–water partition coefficient (Wildman–Crippen LogP) is 3.75. The molecule has 0 radical (unpaired) electrons. The summed E-state index contributed by atoms with van der Waals surface area (Å²) in [6.07, 6.45) is 4.93. The van der Waals surface area contributed by atoms with Crippen molar-refractivity contribution in [2.75, 3.05) is 0 Å². The van der Waals surface area contributed by atoms with Gasteiger partial charge in [0.15, 0.2) is 17.2 Å². The van der Waals surface area contributed by atoms with Crippen molar-refractivity contribution in [1.29, 1.82) is 0 Å². The first-order valence-electron chi connectivity index (χ1n) is 11.2. The van der Waals surface area contributed by atoms with Gasteiger partial charge in [-0.25, -0.2) is 9.71 Å². The molecule has 2 aromatic heterocycles. The van der Waals surface area contributed by atoms with Crippen molar-refractivity contribution in [1.82, 2.24) is 15.0 Å². The number of oxazole rings is 1. The lowest BCUT2D eigenvalue weighted by Gasteiger charge is -2.57. The van der Waals surface area contributed by atoms with E-state index in [-0.39, 0.29) is 29.1 Å². The van der Waals surface area contributed by atoms with Crippen LogP contribution in [0.5, 0.6) is 0 Å². The van der Waals surface area contributed by atoms with Crippen LogP contribution in [0.4, 0.5) is 0 Å². The average molecular weight is 504 g/mol. The second-order valence-electron chi connectivity index (χ2n) is 9.71. The fraction of sp³-hybridized carbons (Fsp3) is 0.435. The summed E-state index contributed by atoms with van der Waals surface area (Å²) in [7, 11) is -4.12. The number of nitrogens with one attached hydrogen (secondary N) is 2. The maximum Gasteiger partial charge on any atom is 0.297 e. The molecule has 3 saturated carbocycles. The molecule has 3 aliphatic rings. The van der Waals surface area contributed by atoms with E-state index in [2.05, 4.69) is 10.3 Å². The van der Waals surface area contributed by atoms with Crippen LogP contribution < -0.4 is 10.0 Å². The van der Waals surface area contributed by atoms with E-state index in [0.29, 0.717) is 17.9 Å². The van der Waals surface area contributed by atoms with E-state index >= 15 is 0 Å². The normalized spacial score (nSPS) is 26.1. The topological polar surface area (TPSA) is 132 Å². The van der Waals surface area contributed by atoms with Crippen molar-refractivity contribution < 1.29 is 26.8 Å². The molecule has 3 aliphatic carbocycles. The molecule has 2 amide bonds. The van der Waals surface area contributed by atoms with Gasteiger partial charge < -0.3 is 14.2 Å². The van der Waals surface area contributed by atoms with Gasteiger partial charge in [-0.2, -0.15) is 8.42 Å². The van der Waals surface area contributed by atoms with Crippen LogP contribution in [-0.2, 0) is 14.8 Å². The second kappa shape index (κ2) is 7.58. The number of hydrogen-bond acceptors (Lipinski definition) is 7. The zero-order valence-electron chi connectivity index (χ0n) is 18.0. The molecule has 11 heteroatoms. The molecule has 1 aromatic carbocycles. The minimum atomic E-state index is -4.12. The Morgan fingerprint density at radius 1 is 1.06 bits per heavy atom. The fourth-order valence-corrected chi connectivity index (χ4v) is 6.27. The number of aromatic nitrogens is 1. The third-order valence-electron chi connectivity index (χ3n) is 7.02. The van der Waals surface area contributed by atoms with Gasteiger partial charge in [0.2, 0.25) is 11.0 Å². The van der Waals surface area contributed by atoms with Gasteiger partial charge in [-0.15, -0.1) is 0 Å². The Hall–Kier alpha value is -2.85. The molecule has 2 N–H and O–H groups in total. The smallest absolute Gasteiger partial charge is 0.297 e. The van der Waals surface area contributed by atoms with Gasteiger partial charge >= 0.3 is 0 Å². The molecule has 1 spiro atoms. The summed E-state index contributed by atoms with van der Waals surface area (Å²) in [5.74, 6) is -0.383. The van der Waals surface area contributed by atoms with Crippen LogP contribution in [-0.4, -0.2) is 31.3 Å². The maximum atomic E-state index is 12.5. The Kier molecular flexibility index (Phi) is 4.83. The number of carbonyl (C=O) groups excluding carboxylic acids is 2. The lowest BCUT2D eigenvalue weighted by Crippen LogP contribution is -2.55. The van der Waals surface area contributed by atoms with Crippen LogP contribution in [0.3, 0.4) is 0 Å². The molecule has 9 nitrogen and oxygen atoms in total. The fourth-order valence-electron chi connectivity index (χ4n) is 5.13. The number of carbonyl (C=O) groups is 2. The van der Waals surface area contributed by atoms with E-state index in [4.69, 9.17) is 20.4 Å². The van der Waals surface area contributed by atoms with Gasteiger partial charge in [-0.05, 0) is 74.3 Å². The number of amides is 2. The monoisotopic (exact) mass is 503 g/mol. The van der Waals surface area contributed by atoms with Gasteiger partial charge in [-0.1, -0.05) is 11.6 Å². The molecule has 0 unspecified atom stereocenters. The van der Waals surface area contributed by atoms with Crippen LogP contribution >= 0.6 is 11.6 Å². The van der Waals surface area contributed by atoms with E-state index < -0.39 is 26.9 Å². The highest BCUT2D eigenvalue weighted by atomic mass is 35.5. The predicted molar refractivity (Wildman–Crippen MR) is 121 cm³/mol. The van der Waals surface area contributed by atoms with Crippen molar-refractivity contribution in [2.24, 2.45) is 11.3 Å². The Morgan fingerprint density at radius 3 is 2.56 bits per heavy atom. The van der Waals surface area contributed by atoms with Crippen LogP contribution in [0, 0.1) is 11.3 Å². The first-order valence-corrected chi connectivity index (χ1v) is 13.1. The first-order chi connectivity index (χ1) is 16.2. The lowest BCUT2D eigenvalue weighted by molar-refractivity contribution is -0.120. The van der Waals surface area contributed by atoms with Crippen LogP contribution in [0.15, 0.2) is 44.3 Å². The molecule has 0 bridgehead atoms. The highest BCUT2D eigenvalue weighted by Gasteiger charge is 2.54. The van der Waals surface area contributed by atoms with Crippen LogP contribution in [0.2, 0.25) is 5.02 Å². The Labute approximate surface area is 200 Å². The Bertz CT molecular complexity index is 1410. The van der Waals surface area contributed by atoms with E-state index in [9.17, 15) is 18.0 Å². The molecule has 0 atom stereocenters. The van der Waals surface area contributed by atoms with Gasteiger partial charge in [0.1, 0.15) is 5.52 Å². The number of rotatable bonds is 6. The molecule has 3 aromatic rings. The summed E-state index contributed by atoms with van der Waals surface area (Å²) in [4.78, 5) is 28.9. The molecule has 2 heterocycles. The number of sulfonamides is 1. The summed E-state index contributed by atoms with van der Waals surface area (Å²) in [6.45, 7) is 0. The zero-order valence-corrected chi connectivity index (χ0v) is 19.6. The van der Waals surface area contributed by atoms with Crippen molar-refractivity contribution >= 4 is 44.5 Å². The SMILES string of the molecule is O=C(NC1CC2(C1)CC(c1nc3cc(Cl)ccc3o1)C2)c1ccc(S(=O)(=O)NC(=O)C2CC2)o1. The van der Waals surface area contributed by atoms with E-state index in [1.807, 2.05) is 10.8 Å². The highest BCUT2D eigenvalue weighted by Crippen LogP contribution is 2.61. The Morgan fingerprint density at radius 2 is 1.82 bits per heavy atom. The number of furan rings is 1. The summed E-state index contributed by atoms with van der Waals surface area (Å²) < 4.78 is 37.7. The summed E-state index contributed by atoms with van der Waals surface area (Å²) >= 11 is 6.02. The number of halogens is 1. The minimum absolute atomic E-state index is 0.00406. The molecular weight excluding hydrogens is 482 g/mol. The molecule has 0 aliphatic heterocycles. The number of benzene rings is 1. The van der Waals surface area contributed by atoms with Gasteiger partial charge in [0.05, 0.1) is 0 Å². The molecule has 3 fully saturated rings. The zero-order chi connectivity index (χ0) is 23.7. The van der Waals surface area contributed by atoms with E-state index in [1.165, 1.54) is 12.1 Å². The highest BCUT2D eigenvalue weighted by molar-refractivity contribution is 7.89. The quantitative estimate of drug-likeness (QED) is 0.523. The minimum Gasteiger partial charge on any atom is -0.440 e. The van der Waals surface area contributed by atoms with Gasteiger partial charge in [-0.3, -0.25) is 9.59 Å². The second-order valence-corrected chi connectivity index (χ2v) is 11.8. The Balaban J connectivity index is 1.02. The average Bonchev–Trinajstić information content (AvgIpc) is 3.30. The lowest BCUT2D eigenvalue weighted by atomic mass is 9.50. The van der Waals surface area contributed by atoms with Crippen molar-refractivity contribution in [2.45, 2.75) is 55.6 Å².